The molecule has 3 N–H and O–H groups in total. The molecular formula is C18H32IN5O2. The lowest BCUT2D eigenvalue weighted by Crippen LogP contribution is -2.38. The Morgan fingerprint density at radius 3 is 2.69 bits per heavy atom. The summed E-state index contributed by atoms with van der Waals surface area (Å²) in [6, 6.07) is 3.72. The van der Waals surface area contributed by atoms with Crippen molar-refractivity contribution in [2.24, 2.45) is 4.99 Å². The van der Waals surface area contributed by atoms with Crippen molar-refractivity contribution in [2.75, 3.05) is 38.2 Å². The van der Waals surface area contributed by atoms with Crippen LogP contribution in [0, 0.1) is 6.92 Å². The zero-order valence-electron chi connectivity index (χ0n) is 16.0. The number of aromatic nitrogens is 1. The minimum absolute atomic E-state index is 0. The Bertz CT molecular complexity index is 523. The average molecular weight is 477 g/mol. The lowest BCUT2D eigenvalue weighted by molar-refractivity contribution is -0.116. The third-order valence-electron chi connectivity index (χ3n) is 3.34. The second kappa shape index (κ2) is 15.8. The van der Waals surface area contributed by atoms with Crippen LogP contribution in [0.25, 0.3) is 0 Å². The number of halogens is 1. The van der Waals surface area contributed by atoms with Gasteiger partial charge in [-0.2, -0.15) is 0 Å². The number of carbonyl (C=O) groups excluding carboxylic acids is 1. The Morgan fingerprint density at radius 1 is 1.23 bits per heavy atom. The number of aliphatic imine (C=N–C) groups is 1. The Balaban J connectivity index is 0.00000625. The van der Waals surface area contributed by atoms with E-state index >= 15 is 0 Å². The van der Waals surface area contributed by atoms with Gasteiger partial charge in [-0.3, -0.25) is 9.79 Å². The van der Waals surface area contributed by atoms with Gasteiger partial charge in [0.15, 0.2) is 5.96 Å². The van der Waals surface area contributed by atoms with Gasteiger partial charge in [0, 0.05) is 45.5 Å². The predicted molar refractivity (Wildman–Crippen MR) is 117 cm³/mol. The highest BCUT2D eigenvalue weighted by Gasteiger charge is 2.04. The number of anilines is 1. The molecule has 26 heavy (non-hydrogen) atoms. The zero-order valence-corrected chi connectivity index (χ0v) is 18.3. The minimum Gasteiger partial charge on any atom is -0.382 e. The molecule has 0 atom stereocenters. The summed E-state index contributed by atoms with van der Waals surface area (Å²) in [6.07, 6.45) is 4.07. The molecule has 0 unspecified atom stereocenters. The van der Waals surface area contributed by atoms with E-state index in [2.05, 4.69) is 25.9 Å². The average Bonchev–Trinajstić information content (AvgIpc) is 2.60. The van der Waals surface area contributed by atoms with Crippen molar-refractivity contribution in [3.05, 3.63) is 23.9 Å². The highest BCUT2D eigenvalue weighted by Crippen LogP contribution is 2.03. The van der Waals surface area contributed by atoms with Crippen LogP contribution in [-0.4, -0.2) is 49.7 Å². The smallest absolute Gasteiger partial charge is 0.227 e. The second-order valence-electron chi connectivity index (χ2n) is 5.61. The van der Waals surface area contributed by atoms with Gasteiger partial charge in [-0.05, 0) is 45.2 Å². The molecule has 1 rings (SSSR count). The third-order valence-corrected chi connectivity index (χ3v) is 3.34. The molecule has 1 aromatic rings. The summed E-state index contributed by atoms with van der Waals surface area (Å²) in [4.78, 5) is 20.6. The van der Waals surface area contributed by atoms with Crippen molar-refractivity contribution in [3.8, 4) is 0 Å². The number of rotatable bonds is 11. The first-order chi connectivity index (χ1) is 12.2. The minimum atomic E-state index is -0.0728. The van der Waals surface area contributed by atoms with E-state index in [1.165, 1.54) is 0 Å². The molecule has 0 aliphatic heterocycles. The summed E-state index contributed by atoms with van der Waals surface area (Å²) in [5.74, 6) is 1.24. The highest BCUT2D eigenvalue weighted by molar-refractivity contribution is 14.0. The van der Waals surface area contributed by atoms with Crippen LogP contribution in [0.5, 0.6) is 0 Å². The predicted octanol–water partition coefficient (Wildman–Crippen LogP) is 2.71. The standard InChI is InChI=1S/C18H31N5O2.HI/c1-4-19-18(20-11-6-7-13-25-5-2)21-12-10-17(24)23-16-9-8-15(3)14-22-16;/h8-9,14H,4-7,10-13H2,1-3H3,(H2,19,20,21)(H,22,23,24);1H. The first kappa shape index (κ1) is 24.6. The molecule has 148 valence electrons. The number of pyridine rings is 1. The molecular weight excluding hydrogens is 445 g/mol. The van der Waals surface area contributed by atoms with E-state index in [1.54, 1.807) is 12.3 Å². The fourth-order valence-corrected chi connectivity index (χ4v) is 2.03. The van der Waals surface area contributed by atoms with E-state index in [0.717, 1.165) is 50.7 Å². The molecule has 0 aromatic carbocycles. The Hall–Kier alpha value is -1.42. The summed E-state index contributed by atoms with van der Waals surface area (Å²) in [6.45, 7) is 9.55. The maximum Gasteiger partial charge on any atom is 0.227 e. The molecule has 0 aliphatic rings. The van der Waals surface area contributed by atoms with E-state index in [-0.39, 0.29) is 29.9 Å². The molecule has 7 nitrogen and oxygen atoms in total. The van der Waals surface area contributed by atoms with Gasteiger partial charge in [0.05, 0.1) is 0 Å². The van der Waals surface area contributed by atoms with Crippen LogP contribution in [0.1, 0.15) is 38.7 Å². The number of nitrogens with zero attached hydrogens (tertiary/aromatic N) is 2. The fraction of sp³-hybridized carbons (Fsp3) is 0.611. The van der Waals surface area contributed by atoms with Crippen LogP contribution in [0.3, 0.4) is 0 Å². The van der Waals surface area contributed by atoms with Gasteiger partial charge < -0.3 is 20.7 Å². The molecule has 0 fully saturated rings. The van der Waals surface area contributed by atoms with Gasteiger partial charge in [0.2, 0.25) is 5.91 Å². The number of amides is 1. The zero-order chi connectivity index (χ0) is 18.3. The molecule has 0 spiro atoms. The lowest BCUT2D eigenvalue weighted by Gasteiger charge is -2.11. The van der Waals surface area contributed by atoms with Gasteiger partial charge in [-0.25, -0.2) is 4.98 Å². The van der Waals surface area contributed by atoms with Crippen molar-refractivity contribution in [1.29, 1.82) is 0 Å². The van der Waals surface area contributed by atoms with Crippen LogP contribution in [0.2, 0.25) is 0 Å². The van der Waals surface area contributed by atoms with Crippen molar-refractivity contribution in [2.45, 2.75) is 40.0 Å². The molecule has 0 radical (unpaired) electrons. The second-order valence-corrected chi connectivity index (χ2v) is 5.61. The molecule has 1 heterocycles. The normalized spacial score (nSPS) is 10.8. The monoisotopic (exact) mass is 477 g/mol. The number of ether oxygens (including phenoxy) is 1. The van der Waals surface area contributed by atoms with Gasteiger partial charge >= 0.3 is 0 Å². The maximum atomic E-state index is 11.9. The molecule has 0 saturated carbocycles. The lowest BCUT2D eigenvalue weighted by atomic mass is 10.3. The van der Waals surface area contributed by atoms with E-state index in [0.29, 0.717) is 18.8 Å². The Kier molecular flexibility index (Phi) is 14.9. The van der Waals surface area contributed by atoms with Crippen molar-refractivity contribution >= 4 is 41.7 Å². The SMILES string of the molecule is CCNC(=NCCCCOCC)NCCC(=O)Nc1ccc(C)cn1.I. The molecule has 0 aliphatic carbocycles. The third kappa shape index (κ3) is 12.0. The molecule has 1 amide bonds. The van der Waals surface area contributed by atoms with Crippen LogP contribution in [-0.2, 0) is 9.53 Å². The molecule has 0 saturated heterocycles. The summed E-state index contributed by atoms with van der Waals surface area (Å²) in [5, 5.41) is 9.14. The molecule has 8 heteroatoms. The van der Waals surface area contributed by atoms with Crippen molar-refractivity contribution < 1.29 is 9.53 Å². The Morgan fingerprint density at radius 2 is 2.04 bits per heavy atom. The number of nitrogens with one attached hydrogen (secondary N) is 3. The summed E-state index contributed by atoms with van der Waals surface area (Å²) < 4.78 is 5.31. The number of carbonyl (C=O) groups is 1. The van der Waals surface area contributed by atoms with Crippen LogP contribution < -0.4 is 16.0 Å². The van der Waals surface area contributed by atoms with Gasteiger partial charge in [-0.1, -0.05) is 6.07 Å². The van der Waals surface area contributed by atoms with Crippen LogP contribution in [0.15, 0.2) is 23.3 Å². The van der Waals surface area contributed by atoms with Gasteiger partial charge in [-0.15, -0.1) is 24.0 Å². The largest absolute Gasteiger partial charge is 0.382 e. The van der Waals surface area contributed by atoms with E-state index in [9.17, 15) is 4.79 Å². The molecule has 0 bridgehead atoms. The first-order valence-corrected chi connectivity index (χ1v) is 8.98. The maximum absolute atomic E-state index is 11.9. The van der Waals surface area contributed by atoms with Gasteiger partial charge in [0.1, 0.15) is 5.82 Å². The van der Waals surface area contributed by atoms with Crippen LogP contribution in [0.4, 0.5) is 5.82 Å². The number of hydrogen-bond acceptors (Lipinski definition) is 4. The topological polar surface area (TPSA) is 87.6 Å². The van der Waals surface area contributed by atoms with Gasteiger partial charge in [0.25, 0.3) is 0 Å². The first-order valence-electron chi connectivity index (χ1n) is 8.98. The summed E-state index contributed by atoms with van der Waals surface area (Å²) in [7, 11) is 0. The van der Waals surface area contributed by atoms with Crippen molar-refractivity contribution in [1.82, 2.24) is 15.6 Å². The van der Waals surface area contributed by atoms with Crippen LogP contribution >= 0.6 is 24.0 Å². The summed E-state index contributed by atoms with van der Waals surface area (Å²) >= 11 is 0. The highest BCUT2D eigenvalue weighted by atomic mass is 127. The number of unbranched alkanes of at least 4 members (excludes halogenated alkanes) is 1. The quantitative estimate of drug-likeness (QED) is 0.198. The fourth-order valence-electron chi connectivity index (χ4n) is 2.03. The van der Waals surface area contributed by atoms with E-state index in [1.807, 2.05) is 26.8 Å². The number of hydrogen-bond donors (Lipinski definition) is 3. The number of aryl methyl sites for hydroxylation is 1. The van der Waals surface area contributed by atoms with E-state index < -0.39 is 0 Å². The Labute approximate surface area is 173 Å². The summed E-state index contributed by atoms with van der Waals surface area (Å²) in [5.41, 5.74) is 1.06. The molecule has 1 aromatic heterocycles. The van der Waals surface area contributed by atoms with Crippen molar-refractivity contribution in [3.63, 3.8) is 0 Å². The number of guanidine groups is 1. The van der Waals surface area contributed by atoms with E-state index in [4.69, 9.17) is 4.74 Å².